The average molecular weight is 335 g/mol. The molecule has 3 aromatic rings. The Morgan fingerprint density at radius 2 is 2.00 bits per heavy atom. The van der Waals surface area contributed by atoms with Crippen LogP contribution < -0.4 is 9.47 Å². The third kappa shape index (κ3) is 2.57. The number of H-pyrrole nitrogens is 1. The van der Waals surface area contributed by atoms with Crippen LogP contribution in [0.2, 0.25) is 0 Å². The first-order valence-electron chi connectivity index (χ1n) is 6.49. The summed E-state index contributed by atoms with van der Waals surface area (Å²) in [6, 6.07) is 3.52. The topological polar surface area (TPSA) is 108 Å². The summed E-state index contributed by atoms with van der Waals surface area (Å²) < 4.78 is 12.2. The highest BCUT2D eigenvalue weighted by molar-refractivity contribution is 7.99. The van der Waals surface area contributed by atoms with Gasteiger partial charge >= 0.3 is 5.82 Å². The molecule has 0 aliphatic heterocycles. The van der Waals surface area contributed by atoms with Crippen LogP contribution in [0.25, 0.3) is 11.0 Å². The lowest BCUT2D eigenvalue weighted by atomic mass is 10.2. The number of nitrogens with zero attached hydrogens (tertiary/aromatic N) is 4. The van der Waals surface area contributed by atoms with Crippen molar-refractivity contribution in [3.05, 3.63) is 28.6 Å². The van der Waals surface area contributed by atoms with E-state index in [0.29, 0.717) is 32.7 Å². The van der Waals surface area contributed by atoms with Gasteiger partial charge in [-0.2, -0.15) is 0 Å². The van der Waals surface area contributed by atoms with Crippen LogP contribution in [0, 0.1) is 10.1 Å². The minimum Gasteiger partial charge on any atom is -0.494 e. The normalized spacial score (nSPS) is 10.9. The van der Waals surface area contributed by atoms with Crippen LogP contribution >= 0.6 is 11.8 Å². The lowest BCUT2D eigenvalue weighted by molar-refractivity contribution is -0.392. The van der Waals surface area contributed by atoms with Crippen LogP contribution in [-0.4, -0.2) is 38.7 Å². The Hall–Kier alpha value is -2.75. The second kappa shape index (κ2) is 5.80. The Labute approximate surface area is 134 Å². The van der Waals surface area contributed by atoms with Crippen molar-refractivity contribution in [1.82, 2.24) is 19.5 Å². The molecule has 2 heterocycles. The van der Waals surface area contributed by atoms with Gasteiger partial charge in [-0.3, -0.25) is 0 Å². The van der Waals surface area contributed by atoms with E-state index in [1.54, 1.807) is 38.0 Å². The van der Waals surface area contributed by atoms with E-state index in [4.69, 9.17) is 9.47 Å². The number of rotatable bonds is 5. The Bertz CT molecular complexity index is 847. The number of imidazole rings is 2. The summed E-state index contributed by atoms with van der Waals surface area (Å²) >= 11 is 1.12. The van der Waals surface area contributed by atoms with E-state index < -0.39 is 4.92 Å². The van der Waals surface area contributed by atoms with Crippen LogP contribution in [0.5, 0.6) is 11.5 Å². The van der Waals surface area contributed by atoms with Crippen molar-refractivity contribution in [3.8, 4) is 11.5 Å². The third-order valence-electron chi connectivity index (χ3n) is 3.22. The van der Waals surface area contributed by atoms with Crippen LogP contribution in [-0.2, 0) is 7.05 Å². The zero-order valence-corrected chi connectivity index (χ0v) is 13.4. The molecule has 0 aliphatic rings. The van der Waals surface area contributed by atoms with Crippen molar-refractivity contribution in [2.24, 2.45) is 7.05 Å². The molecule has 1 aromatic carbocycles. The molecule has 0 aliphatic carbocycles. The fourth-order valence-corrected chi connectivity index (χ4v) is 3.03. The van der Waals surface area contributed by atoms with E-state index in [-0.39, 0.29) is 5.82 Å². The zero-order valence-electron chi connectivity index (χ0n) is 12.6. The fourth-order valence-electron chi connectivity index (χ4n) is 2.15. The molecule has 0 fully saturated rings. The first-order chi connectivity index (χ1) is 11.0. The number of aryl methyl sites for hydroxylation is 1. The van der Waals surface area contributed by atoms with E-state index in [2.05, 4.69) is 15.0 Å². The van der Waals surface area contributed by atoms with Gasteiger partial charge in [-0.05, 0) is 33.8 Å². The number of hydrogen-bond donors (Lipinski definition) is 1. The zero-order chi connectivity index (χ0) is 16.6. The van der Waals surface area contributed by atoms with Gasteiger partial charge in [0.1, 0.15) is 22.5 Å². The maximum atomic E-state index is 11.0. The minimum absolute atomic E-state index is 0.211. The quantitative estimate of drug-likeness (QED) is 0.563. The molecule has 10 heteroatoms. The number of benzene rings is 1. The summed E-state index contributed by atoms with van der Waals surface area (Å²) in [6.07, 6.45) is 1.39. The Kier molecular flexibility index (Phi) is 3.82. The fraction of sp³-hybridized carbons (Fsp3) is 0.231. The molecule has 23 heavy (non-hydrogen) atoms. The van der Waals surface area contributed by atoms with Gasteiger partial charge in [-0.25, -0.2) is 4.98 Å². The number of methoxy groups -OCH3 is 2. The van der Waals surface area contributed by atoms with Gasteiger partial charge in [0, 0.05) is 7.05 Å². The smallest absolute Gasteiger partial charge is 0.396 e. The molecule has 0 bridgehead atoms. The Morgan fingerprint density at radius 1 is 1.30 bits per heavy atom. The number of aromatic nitrogens is 4. The summed E-state index contributed by atoms with van der Waals surface area (Å²) in [5.74, 6) is 0.986. The van der Waals surface area contributed by atoms with Gasteiger partial charge in [0.15, 0.2) is 10.2 Å². The predicted molar refractivity (Wildman–Crippen MR) is 83.2 cm³/mol. The van der Waals surface area contributed by atoms with Gasteiger partial charge in [0.25, 0.3) is 0 Å². The van der Waals surface area contributed by atoms with Crippen molar-refractivity contribution >= 4 is 28.6 Å². The molecular weight excluding hydrogens is 322 g/mol. The van der Waals surface area contributed by atoms with E-state index in [0.717, 1.165) is 11.8 Å². The first-order valence-corrected chi connectivity index (χ1v) is 7.31. The maximum absolute atomic E-state index is 11.0. The first kappa shape index (κ1) is 15.2. The van der Waals surface area contributed by atoms with Crippen LogP contribution in [0.4, 0.5) is 5.82 Å². The average Bonchev–Trinajstić information content (AvgIpc) is 3.11. The Morgan fingerprint density at radius 3 is 2.65 bits per heavy atom. The molecular formula is C13H13N5O4S. The molecule has 0 spiro atoms. The number of aromatic amines is 1. The predicted octanol–water partition coefficient (Wildman–Crippen LogP) is 2.37. The summed E-state index contributed by atoms with van der Waals surface area (Å²) in [5.41, 5.74) is 1.26. The number of ether oxygens (including phenoxy) is 2. The van der Waals surface area contributed by atoms with E-state index >= 15 is 0 Å². The third-order valence-corrected chi connectivity index (χ3v) is 4.27. The highest BCUT2D eigenvalue weighted by atomic mass is 32.2. The maximum Gasteiger partial charge on any atom is 0.396 e. The second-order valence-electron chi connectivity index (χ2n) is 4.58. The van der Waals surface area contributed by atoms with Crippen molar-refractivity contribution in [3.63, 3.8) is 0 Å². The molecule has 0 unspecified atom stereocenters. The van der Waals surface area contributed by atoms with Crippen molar-refractivity contribution in [1.29, 1.82) is 0 Å². The number of nitro groups is 1. The van der Waals surface area contributed by atoms with Crippen molar-refractivity contribution < 1.29 is 14.4 Å². The van der Waals surface area contributed by atoms with Gasteiger partial charge in [-0.15, -0.1) is 0 Å². The number of nitrogens with one attached hydrogen (secondary N) is 1. The standard InChI is InChI=1S/C13H13N5O4S/c1-17-6-14-11(18(19)20)12(17)23-13-15-9-7(21-2)4-5-8(22-3)10(9)16-13/h4-6H,1-3H3,(H,15,16). The van der Waals surface area contributed by atoms with E-state index in [9.17, 15) is 10.1 Å². The molecule has 0 saturated carbocycles. The van der Waals surface area contributed by atoms with E-state index in [1.165, 1.54) is 6.33 Å². The molecule has 0 amide bonds. The molecule has 3 rings (SSSR count). The van der Waals surface area contributed by atoms with Gasteiger partial charge in [-0.1, -0.05) is 0 Å². The molecule has 9 nitrogen and oxygen atoms in total. The molecule has 120 valence electrons. The van der Waals surface area contributed by atoms with Crippen LogP contribution in [0.3, 0.4) is 0 Å². The van der Waals surface area contributed by atoms with Crippen LogP contribution in [0.15, 0.2) is 28.6 Å². The highest BCUT2D eigenvalue weighted by Gasteiger charge is 2.23. The minimum atomic E-state index is -0.522. The molecule has 1 N–H and O–H groups in total. The lowest BCUT2D eigenvalue weighted by Gasteiger charge is -2.03. The largest absolute Gasteiger partial charge is 0.494 e. The summed E-state index contributed by atoms with van der Waals surface area (Å²) in [5, 5.41) is 11.9. The van der Waals surface area contributed by atoms with Gasteiger partial charge in [0.05, 0.1) is 14.2 Å². The molecule has 2 aromatic heterocycles. The van der Waals surface area contributed by atoms with E-state index in [1.807, 2.05) is 0 Å². The van der Waals surface area contributed by atoms with Crippen molar-refractivity contribution in [2.75, 3.05) is 14.2 Å². The SMILES string of the molecule is COc1ccc(OC)c2[nH]c(Sc3c([N+](=O)[O-])ncn3C)nc12. The number of hydrogen-bond acceptors (Lipinski definition) is 7. The van der Waals surface area contributed by atoms with Crippen LogP contribution in [0.1, 0.15) is 0 Å². The summed E-state index contributed by atoms with van der Waals surface area (Å²) in [7, 11) is 4.79. The molecule has 0 saturated heterocycles. The van der Waals surface area contributed by atoms with Crippen molar-refractivity contribution in [2.45, 2.75) is 10.2 Å². The summed E-state index contributed by atoms with van der Waals surface area (Å²) in [6.45, 7) is 0. The lowest BCUT2D eigenvalue weighted by Crippen LogP contribution is -1.93. The molecule has 0 radical (unpaired) electrons. The van der Waals surface area contributed by atoms with Gasteiger partial charge in [0.2, 0.25) is 6.33 Å². The summed E-state index contributed by atoms with van der Waals surface area (Å²) in [4.78, 5) is 21.9. The second-order valence-corrected chi connectivity index (χ2v) is 5.56. The van der Waals surface area contributed by atoms with Gasteiger partial charge < -0.3 is 29.1 Å². The number of fused-ring (bicyclic) bond motifs is 1. The monoisotopic (exact) mass is 335 g/mol. The molecule has 0 atom stereocenters. The Balaban J connectivity index is 2.08. The highest BCUT2D eigenvalue weighted by Crippen LogP contribution is 2.37.